The van der Waals surface area contributed by atoms with E-state index in [-0.39, 0.29) is 0 Å². The van der Waals surface area contributed by atoms with Crippen molar-refractivity contribution in [3.05, 3.63) is 32.9 Å². The average Bonchev–Trinajstić information content (AvgIpc) is 2.41. The van der Waals surface area contributed by atoms with E-state index in [0.29, 0.717) is 10.8 Å². The van der Waals surface area contributed by atoms with Gasteiger partial charge in [-0.2, -0.15) is 4.39 Å². The fourth-order valence-corrected chi connectivity index (χ4v) is 2.02. The fraction of sp³-hybridized carbons (Fsp3) is 0.600. The molecular weight excluding hydrogens is 277 g/mol. The maximum absolute atomic E-state index is 13.2. The Morgan fingerprint density at radius 3 is 2.65 bits per heavy atom. The smallest absolute Gasteiger partial charge is 0.330 e. The Kier molecular flexibility index (Phi) is 4.01. The summed E-state index contributed by atoms with van der Waals surface area (Å²) in [5, 5.41) is 28.4. The quantitative estimate of drug-likeness (QED) is 0.381. The number of hydrogen-bond donors (Lipinski definition) is 5. The molecule has 0 bridgehead atoms. The summed E-state index contributed by atoms with van der Waals surface area (Å²) in [6.45, 7) is -0.637. The molecule has 5 atom stereocenters. The number of aliphatic hydroxyl groups is 3. The van der Waals surface area contributed by atoms with Crippen molar-refractivity contribution in [3.8, 4) is 0 Å². The molecule has 9 nitrogen and oxygen atoms in total. The van der Waals surface area contributed by atoms with Crippen molar-refractivity contribution < 1.29 is 24.4 Å². The van der Waals surface area contributed by atoms with Crippen molar-refractivity contribution in [2.75, 3.05) is 6.61 Å². The van der Waals surface area contributed by atoms with Gasteiger partial charge in [-0.3, -0.25) is 14.3 Å². The minimum Gasteiger partial charge on any atom is -0.394 e. The summed E-state index contributed by atoms with van der Waals surface area (Å²) in [7, 11) is 0. The lowest BCUT2D eigenvalue weighted by molar-refractivity contribution is -0.211. The molecule has 6 N–H and O–H groups in total. The Bertz CT molecular complexity index is 599. The molecular formula is C10H14FN3O6. The Morgan fingerprint density at radius 1 is 1.40 bits per heavy atom. The highest BCUT2D eigenvalue weighted by molar-refractivity contribution is 4.96. The molecule has 0 saturated carbocycles. The first kappa shape index (κ1) is 14.8. The zero-order valence-electron chi connectivity index (χ0n) is 10.1. The van der Waals surface area contributed by atoms with E-state index in [0.717, 1.165) is 0 Å². The molecule has 1 aromatic heterocycles. The van der Waals surface area contributed by atoms with Gasteiger partial charge in [0, 0.05) is 0 Å². The Balaban J connectivity index is 2.44. The zero-order valence-corrected chi connectivity index (χ0v) is 10.1. The van der Waals surface area contributed by atoms with Crippen LogP contribution in [0.1, 0.15) is 6.23 Å². The molecule has 1 aliphatic rings. The van der Waals surface area contributed by atoms with Gasteiger partial charge < -0.3 is 25.8 Å². The number of aromatic nitrogens is 2. The van der Waals surface area contributed by atoms with Crippen LogP contribution in [0.15, 0.2) is 15.8 Å². The maximum atomic E-state index is 13.2. The minimum absolute atomic E-state index is 0.588. The number of H-pyrrole nitrogens is 1. The van der Waals surface area contributed by atoms with Gasteiger partial charge in [-0.15, -0.1) is 0 Å². The van der Waals surface area contributed by atoms with Crippen LogP contribution in [-0.2, 0) is 4.74 Å². The third-order valence-electron chi connectivity index (χ3n) is 3.15. The van der Waals surface area contributed by atoms with Gasteiger partial charge in [0.2, 0.25) is 5.82 Å². The largest absolute Gasteiger partial charge is 0.394 e. The zero-order chi connectivity index (χ0) is 15.0. The van der Waals surface area contributed by atoms with Gasteiger partial charge in [0.15, 0.2) is 6.23 Å². The minimum atomic E-state index is -1.49. The van der Waals surface area contributed by atoms with Crippen molar-refractivity contribution in [3.63, 3.8) is 0 Å². The molecule has 10 heteroatoms. The van der Waals surface area contributed by atoms with Gasteiger partial charge in [-0.05, 0) is 0 Å². The third-order valence-corrected chi connectivity index (χ3v) is 3.15. The van der Waals surface area contributed by atoms with E-state index in [2.05, 4.69) is 0 Å². The number of nitrogens with one attached hydrogen (secondary N) is 1. The molecule has 0 unspecified atom stereocenters. The van der Waals surface area contributed by atoms with E-state index in [1.165, 1.54) is 0 Å². The van der Waals surface area contributed by atoms with Crippen LogP contribution in [0.25, 0.3) is 0 Å². The van der Waals surface area contributed by atoms with Gasteiger partial charge >= 0.3 is 5.69 Å². The first-order valence-corrected chi connectivity index (χ1v) is 5.75. The molecule has 0 spiro atoms. The third kappa shape index (κ3) is 2.39. The van der Waals surface area contributed by atoms with Gasteiger partial charge in [-0.1, -0.05) is 0 Å². The molecule has 2 rings (SSSR count). The van der Waals surface area contributed by atoms with E-state index in [4.69, 9.17) is 15.6 Å². The Labute approximate surface area is 111 Å². The molecule has 20 heavy (non-hydrogen) atoms. The molecule has 0 aliphatic carbocycles. The average molecular weight is 291 g/mol. The van der Waals surface area contributed by atoms with Gasteiger partial charge in [0.1, 0.15) is 18.3 Å². The predicted molar refractivity (Wildman–Crippen MR) is 62.3 cm³/mol. The lowest BCUT2D eigenvalue weighted by Gasteiger charge is -2.41. The number of halogens is 1. The summed E-state index contributed by atoms with van der Waals surface area (Å²) < 4.78 is 19.1. The summed E-state index contributed by atoms with van der Waals surface area (Å²) in [6.07, 6.45) is -4.90. The molecule has 1 fully saturated rings. The first-order chi connectivity index (χ1) is 9.36. The van der Waals surface area contributed by atoms with Crippen molar-refractivity contribution >= 4 is 0 Å². The van der Waals surface area contributed by atoms with Crippen LogP contribution >= 0.6 is 0 Å². The van der Waals surface area contributed by atoms with Crippen LogP contribution in [0.2, 0.25) is 0 Å². The maximum Gasteiger partial charge on any atom is 0.330 e. The number of aliphatic hydroxyl groups excluding tert-OH is 3. The molecule has 0 amide bonds. The molecule has 0 radical (unpaired) electrons. The standard InChI is InChI=1S/C10H14FN3O6/c11-3-1-14(10(19)13-8(3)18)9-5(12)7(17)6(16)4(2-15)20-9/h1,4-7,9,15-17H,2,12H2,(H,13,18,19)/t4-,5-,6-,7-,9-/m1/s1. The van der Waals surface area contributed by atoms with E-state index in [1.54, 1.807) is 4.98 Å². The molecule has 2 heterocycles. The number of aromatic amines is 1. The van der Waals surface area contributed by atoms with E-state index in [9.17, 15) is 24.2 Å². The topological polar surface area (TPSA) is 151 Å². The van der Waals surface area contributed by atoms with Crippen molar-refractivity contribution in [2.45, 2.75) is 30.6 Å². The Morgan fingerprint density at radius 2 is 2.05 bits per heavy atom. The number of ether oxygens (including phenoxy) is 1. The molecule has 112 valence electrons. The van der Waals surface area contributed by atoms with Crippen molar-refractivity contribution in [2.24, 2.45) is 5.73 Å². The van der Waals surface area contributed by atoms with Crippen LogP contribution in [0.4, 0.5) is 4.39 Å². The van der Waals surface area contributed by atoms with Crippen LogP contribution in [0, 0.1) is 5.82 Å². The summed E-state index contributed by atoms with van der Waals surface area (Å²) in [6, 6.07) is -1.25. The molecule has 1 saturated heterocycles. The lowest BCUT2D eigenvalue weighted by Crippen LogP contribution is -2.61. The van der Waals surface area contributed by atoms with E-state index in [1.807, 2.05) is 0 Å². The monoisotopic (exact) mass is 291 g/mol. The fourth-order valence-electron chi connectivity index (χ4n) is 2.02. The summed E-state index contributed by atoms with van der Waals surface area (Å²) in [4.78, 5) is 24.3. The Hall–Kier alpha value is -1.59. The molecule has 1 aliphatic heterocycles. The first-order valence-electron chi connectivity index (χ1n) is 5.75. The predicted octanol–water partition coefficient (Wildman–Crippen LogP) is -3.39. The van der Waals surface area contributed by atoms with Crippen LogP contribution < -0.4 is 17.0 Å². The highest BCUT2D eigenvalue weighted by Crippen LogP contribution is 2.25. The number of nitrogens with two attached hydrogens (primary N) is 1. The van der Waals surface area contributed by atoms with E-state index < -0.39 is 54.3 Å². The summed E-state index contributed by atoms with van der Waals surface area (Å²) >= 11 is 0. The van der Waals surface area contributed by atoms with Crippen molar-refractivity contribution in [1.82, 2.24) is 9.55 Å². The normalized spacial score (nSPS) is 34.1. The number of rotatable bonds is 2. The highest BCUT2D eigenvalue weighted by Gasteiger charge is 2.43. The molecule has 1 aromatic rings. The van der Waals surface area contributed by atoms with Crippen LogP contribution in [0.3, 0.4) is 0 Å². The number of nitrogens with zero attached hydrogens (tertiary/aromatic N) is 1. The van der Waals surface area contributed by atoms with Gasteiger partial charge in [0.25, 0.3) is 5.56 Å². The van der Waals surface area contributed by atoms with Gasteiger partial charge in [0.05, 0.1) is 18.8 Å². The van der Waals surface area contributed by atoms with Crippen LogP contribution in [0.5, 0.6) is 0 Å². The van der Waals surface area contributed by atoms with Crippen LogP contribution in [-0.4, -0.2) is 55.8 Å². The highest BCUT2D eigenvalue weighted by atomic mass is 19.1. The van der Waals surface area contributed by atoms with E-state index >= 15 is 0 Å². The molecule has 0 aromatic carbocycles. The van der Waals surface area contributed by atoms with Crippen molar-refractivity contribution in [1.29, 1.82) is 0 Å². The second-order valence-electron chi connectivity index (χ2n) is 4.45. The van der Waals surface area contributed by atoms with Gasteiger partial charge in [-0.25, -0.2) is 4.79 Å². The summed E-state index contributed by atoms with van der Waals surface area (Å²) in [5.41, 5.74) is 3.44. The summed E-state index contributed by atoms with van der Waals surface area (Å²) in [5.74, 6) is -1.23. The SMILES string of the molecule is N[C@@H]1[C@@H](O)[C@H](O)[C@@H](CO)O[C@H]1n1cc(F)c(=O)[nH]c1=O. The lowest BCUT2D eigenvalue weighted by atomic mass is 9.97. The second kappa shape index (κ2) is 5.42. The second-order valence-corrected chi connectivity index (χ2v) is 4.45. The number of hydrogen-bond acceptors (Lipinski definition) is 7.